The number of primary amides is 1. The molecule has 1 aliphatic heterocycles. The zero-order valence-electron chi connectivity index (χ0n) is 20.2. The van der Waals surface area contributed by atoms with Crippen molar-refractivity contribution in [3.63, 3.8) is 0 Å². The molecule has 0 bridgehead atoms. The molecule has 1 amide bonds. The number of ether oxygens (including phenoxy) is 2. The number of nitrogens with one attached hydrogen (secondary N) is 1. The largest absolute Gasteiger partial charge is 0.493 e. The molecule has 3 aromatic rings. The number of carbonyl (C=O) groups is 1. The average Bonchev–Trinajstić information content (AvgIpc) is 3.24. The number of rotatable bonds is 10. The molecule has 0 radical (unpaired) electrons. The molecule has 4 rings (SSSR count). The highest BCUT2D eigenvalue weighted by molar-refractivity contribution is 7.99. The number of amides is 1. The molecule has 0 fully saturated rings. The fourth-order valence-corrected chi connectivity index (χ4v) is 5.27. The molecule has 1 unspecified atom stereocenters. The standard InChI is InChI=1S/C25H27Cl2N5O3S/c1-4-5-10-36-25-30-24-29-14(2)21(23(28)33)22(32(24)31-25)15-7-9-19(20(11-15)34-3)35-13-16-6-8-17(26)12-18(16)27/h6-9,11-12,22H,4-5,10,13H2,1-3H3,(H2,28,33)(H,29,30,31). The van der Waals surface area contributed by atoms with Crippen LogP contribution in [0.3, 0.4) is 0 Å². The zero-order valence-corrected chi connectivity index (χ0v) is 22.5. The second kappa shape index (κ2) is 11.5. The molecule has 0 saturated heterocycles. The van der Waals surface area contributed by atoms with E-state index >= 15 is 0 Å². The van der Waals surface area contributed by atoms with Gasteiger partial charge in [-0.25, -0.2) is 4.68 Å². The van der Waals surface area contributed by atoms with Gasteiger partial charge in [0.2, 0.25) is 17.0 Å². The van der Waals surface area contributed by atoms with Crippen molar-refractivity contribution >= 4 is 46.8 Å². The van der Waals surface area contributed by atoms with E-state index in [1.54, 1.807) is 48.7 Å². The minimum atomic E-state index is -0.569. The number of thioether (sulfide) groups is 1. The first-order valence-electron chi connectivity index (χ1n) is 11.4. The molecule has 2 heterocycles. The Morgan fingerprint density at radius 1 is 1.22 bits per heavy atom. The highest BCUT2D eigenvalue weighted by atomic mass is 35.5. The van der Waals surface area contributed by atoms with Crippen molar-refractivity contribution < 1.29 is 14.3 Å². The predicted octanol–water partition coefficient (Wildman–Crippen LogP) is 5.84. The number of hydrogen-bond acceptors (Lipinski definition) is 7. The predicted molar refractivity (Wildman–Crippen MR) is 143 cm³/mol. The van der Waals surface area contributed by atoms with Crippen molar-refractivity contribution in [2.45, 2.75) is 44.5 Å². The molecule has 2 aromatic carbocycles. The summed E-state index contributed by atoms with van der Waals surface area (Å²) in [6.07, 6.45) is 2.15. The number of methoxy groups -OCH3 is 1. The van der Waals surface area contributed by atoms with Gasteiger partial charge in [-0.2, -0.15) is 4.98 Å². The van der Waals surface area contributed by atoms with Crippen molar-refractivity contribution in [3.8, 4) is 11.5 Å². The molecule has 1 aliphatic rings. The van der Waals surface area contributed by atoms with E-state index < -0.39 is 11.9 Å². The van der Waals surface area contributed by atoms with Crippen LogP contribution in [0.2, 0.25) is 10.0 Å². The van der Waals surface area contributed by atoms with Crippen molar-refractivity contribution in [1.29, 1.82) is 0 Å². The first-order chi connectivity index (χ1) is 17.3. The maximum absolute atomic E-state index is 12.5. The fraction of sp³-hybridized carbons (Fsp3) is 0.320. The van der Waals surface area contributed by atoms with Gasteiger partial charge < -0.3 is 20.5 Å². The van der Waals surface area contributed by atoms with E-state index in [0.717, 1.165) is 29.7 Å². The summed E-state index contributed by atoms with van der Waals surface area (Å²) in [4.78, 5) is 17.1. The molecule has 11 heteroatoms. The number of carbonyl (C=O) groups excluding carboxylic acids is 1. The third kappa shape index (κ3) is 5.58. The number of nitrogens with two attached hydrogens (primary N) is 1. The lowest BCUT2D eigenvalue weighted by Gasteiger charge is -2.28. The summed E-state index contributed by atoms with van der Waals surface area (Å²) in [6, 6.07) is 10.2. The third-order valence-corrected chi connectivity index (χ3v) is 7.24. The second-order valence-corrected chi connectivity index (χ2v) is 10.1. The summed E-state index contributed by atoms with van der Waals surface area (Å²) in [7, 11) is 1.56. The maximum Gasteiger partial charge on any atom is 0.248 e. The van der Waals surface area contributed by atoms with Crippen LogP contribution in [0.15, 0.2) is 52.8 Å². The topological polar surface area (TPSA) is 104 Å². The molecule has 36 heavy (non-hydrogen) atoms. The lowest BCUT2D eigenvalue weighted by Crippen LogP contribution is -2.31. The summed E-state index contributed by atoms with van der Waals surface area (Å²) in [6.45, 7) is 4.18. The monoisotopic (exact) mass is 547 g/mol. The molecule has 190 valence electrons. The van der Waals surface area contributed by atoms with E-state index in [0.29, 0.717) is 43.9 Å². The highest BCUT2D eigenvalue weighted by Gasteiger charge is 2.34. The van der Waals surface area contributed by atoms with Gasteiger partial charge in [0.05, 0.1) is 12.7 Å². The number of hydrogen-bond donors (Lipinski definition) is 2. The number of allylic oxidation sites excluding steroid dienone is 1. The Morgan fingerprint density at radius 2 is 2.03 bits per heavy atom. The molecule has 1 atom stereocenters. The van der Waals surface area contributed by atoms with Gasteiger partial charge in [0.25, 0.3) is 0 Å². The number of nitrogens with zero attached hydrogens (tertiary/aromatic N) is 3. The third-order valence-electron chi connectivity index (χ3n) is 5.73. The minimum Gasteiger partial charge on any atom is -0.493 e. The van der Waals surface area contributed by atoms with Gasteiger partial charge in [-0.15, -0.1) is 5.10 Å². The van der Waals surface area contributed by atoms with E-state index in [4.69, 9.17) is 38.4 Å². The Bertz CT molecular complexity index is 1310. The normalized spacial score (nSPS) is 14.9. The summed E-state index contributed by atoms with van der Waals surface area (Å²) in [5, 5.41) is 9.57. The summed E-state index contributed by atoms with van der Waals surface area (Å²) in [5.41, 5.74) is 8.39. The van der Waals surface area contributed by atoms with Crippen LogP contribution in [0.25, 0.3) is 0 Å². The van der Waals surface area contributed by atoms with Gasteiger partial charge in [-0.3, -0.25) is 4.79 Å². The van der Waals surface area contributed by atoms with Crippen LogP contribution in [0.1, 0.15) is 43.9 Å². The number of aromatic nitrogens is 3. The number of benzene rings is 2. The highest BCUT2D eigenvalue weighted by Crippen LogP contribution is 2.39. The van der Waals surface area contributed by atoms with E-state index in [9.17, 15) is 4.79 Å². The minimum absolute atomic E-state index is 0.232. The van der Waals surface area contributed by atoms with E-state index in [-0.39, 0.29) is 6.61 Å². The lowest BCUT2D eigenvalue weighted by atomic mass is 9.95. The van der Waals surface area contributed by atoms with Crippen LogP contribution in [-0.2, 0) is 11.4 Å². The van der Waals surface area contributed by atoms with Crippen molar-refractivity contribution in [1.82, 2.24) is 14.8 Å². The first-order valence-corrected chi connectivity index (χ1v) is 13.2. The fourth-order valence-electron chi connectivity index (χ4n) is 3.90. The molecule has 8 nitrogen and oxygen atoms in total. The van der Waals surface area contributed by atoms with Gasteiger partial charge in [-0.1, -0.05) is 60.4 Å². The van der Waals surface area contributed by atoms with Gasteiger partial charge in [-0.05, 0) is 43.2 Å². The number of fused-ring (bicyclic) bond motifs is 1. The lowest BCUT2D eigenvalue weighted by molar-refractivity contribution is -0.115. The van der Waals surface area contributed by atoms with Crippen LogP contribution >= 0.6 is 35.0 Å². The second-order valence-electron chi connectivity index (χ2n) is 8.23. The smallest absolute Gasteiger partial charge is 0.248 e. The van der Waals surface area contributed by atoms with Gasteiger partial charge in [0, 0.05) is 27.1 Å². The van der Waals surface area contributed by atoms with E-state index in [1.807, 2.05) is 18.2 Å². The van der Waals surface area contributed by atoms with Gasteiger partial charge in [0.1, 0.15) is 12.6 Å². The average molecular weight is 548 g/mol. The van der Waals surface area contributed by atoms with Crippen LogP contribution in [0, 0.1) is 0 Å². The Morgan fingerprint density at radius 3 is 2.72 bits per heavy atom. The van der Waals surface area contributed by atoms with E-state index in [2.05, 4.69) is 22.3 Å². The molecular weight excluding hydrogens is 521 g/mol. The van der Waals surface area contributed by atoms with E-state index in [1.165, 1.54) is 0 Å². The molecule has 1 aromatic heterocycles. The SMILES string of the molecule is CCCCSc1nc2n(n1)C(c1ccc(OCc3ccc(Cl)cc3Cl)c(OC)c1)C(C(N)=O)=C(C)N2. The van der Waals surface area contributed by atoms with Gasteiger partial charge >= 0.3 is 0 Å². The van der Waals surface area contributed by atoms with Crippen LogP contribution in [-0.4, -0.2) is 33.5 Å². The molecule has 0 spiro atoms. The maximum atomic E-state index is 12.5. The number of anilines is 1. The Labute approximate surface area is 224 Å². The molecule has 0 aliphatic carbocycles. The molecule has 3 N–H and O–H groups in total. The number of halogens is 2. The summed E-state index contributed by atoms with van der Waals surface area (Å²) in [5.74, 6) is 1.95. The van der Waals surface area contributed by atoms with Gasteiger partial charge in [0.15, 0.2) is 11.5 Å². The quantitative estimate of drug-likeness (QED) is 0.242. The molecule has 0 saturated carbocycles. The molecular formula is C25H27Cl2N5O3S. The Kier molecular flexibility index (Phi) is 8.33. The summed E-state index contributed by atoms with van der Waals surface area (Å²) < 4.78 is 13.3. The number of unbranched alkanes of at least 4 members (excludes halogenated alkanes) is 1. The van der Waals surface area contributed by atoms with Crippen molar-refractivity contribution in [2.75, 3.05) is 18.2 Å². The van der Waals surface area contributed by atoms with Crippen LogP contribution < -0.4 is 20.5 Å². The summed E-state index contributed by atoms with van der Waals surface area (Å²) >= 11 is 13.8. The Balaban J connectivity index is 1.66. The van der Waals surface area contributed by atoms with Crippen molar-refractivity contribution in [3.05, 3.63) is 68.8 Å². The van der Waals surface area contributed by atoms with Crippen LogP contribution in [0.5, 0.6) is 11.5 Å². The Hall–Kier alpha value is -2.88. The van der Waals surface area contributed by atoms with Crippen molar-refractivity contribution in [2.24, 2.45) is 5.73 Å². The first kappa shape index (κ1) is 26.2. The van der Waals surface area contributed by atoms with Crippen LogP contribution in [0.4, 0.5) is 5.95 Å². The zero-order chi connectivity index (χ0) is 25.8.